The van der Waals surface area contributed by atoms with Crippen molar-refractivity contribution in [2.75, 3.05) is 13.2 Å². The molecule has 1 heterocycles. The molecule has 3 aromatic rings. The van der Waals surface area contributed by atoms with Gasteiger partial charge in [-0.25, -0.2) is 0 Å². The summed E-state index contributed by atoms with van der Waals surface area (Å²) in [5.41, 5.74) is 7.32. The predicted molar refractivity (Wildman–Crippen MR) is 160 cm³/mol. The lowest BCUT2D eigenvalue weighted by molar-refractivity contribution is -0.149. The van der Waals surface area contributed by atoms with Crippen LogP contribution >= 0.6 is 0 Å². The molecule has 0 unspecified atom stereocenters. The predicted octanol–water partition coefficient (Wildman–Crippen LogP) is 8.41. The second kappa shape index (κ2) is 11.3. The van der Waals surface area contributed by atoms with Gasteiger partial charge < -0.3 is 19.3 Å². The van der Waals surface area contributed by atoms with E-state index in [1.165, 1.54) is 36.0 Å². The minimum Gasteiger partial charge on any atom is -0.489 e. The fourth-order valence-corrected chi connectivity index (χ4v) is 7.05. The van der Waals surface area contributed by atoms with Gasteiger partial charge in [0.2, 0.25) is 0 Å². The van der Waals surface area contributed by atoms with Crippen LogP contribution in [-0.2, 0) is 26.7 Å². The Morgan fingerprint density at radius 2 is 1.76 bits per heavy atom. The quantitative estimate of drug-likeness (QED) is 0.273. The number of ether oxygens (including phenoxy) is 3. The molecule has 216 valence electrons. The number of hydrogen-bond acceptors (Lipinski definition) is 4. The molecule has 3 fully saturated rings. The number of rotatable bonds is 10. The van der Waals surface area contributed by atoms with Crippen LogP contribution in [0.1, 0.15) is 93.4 Å². The summed E-state index contributed by atoms with van der Waals surface area (Å²) >= 11 is 0. The van der Waals surface area contributed by atoms with Crippen LogP contribution in [0.3, 0.4) is 0 Å². The SMILES string of the molecule is CC1(c2cccc(-c3ccc(COc4cccc([C@@H](CC(=O)O)C5CC5)c4)cc3[C@@H]3CCCC3(C)C)c2)OCCO1. The van der Waals surface area contributed by atoms with E-state index in [0.29, 0.717) is 31.7 Å². The molecule has 5 nitrogen and oxygen atoms in total. The zero-order valence-corrected chi connectivity index (χ0v) is 24.5. The van der Waals surface area contributed by atoms with Gasteiger partial charge >= 0.3 is 5.97 Å². The second-order valence-electron chi connectivity index (χ2n) is 13.0. The number of hydrogen-bond donors (Lipinski definition) is 1. The number of carboxylic acid groups (broad SMARTS) is 1. The Kier molecular flexibility index (Phi) is 7.69. The van der Waals surface area contributed by atoms with E-state index in [2.05, 4.69) is 56.3 Å². The van der Waals surface area contributed by atoms with E-state index in [4.69, 9.17) is 14.2 Å². The van der Waals surface area contributed by atoms with Crippen LogP contribution in [0.5, 0.6) is 5.75 Å². The van der Waals surface area contributed by atoms with Gasteiger partial charge in [-0.2, -0.15) is 0 Å². The highest BCUT2D eigenvalue weighted by atomic mass is 16.7. The maximum Gasteiger partial charge on any atom is 0.303 e. The van der Waals surface area contributed by atoms with E-state index >= 15 is 0 Å². The molecule has 0 amide bonds. The molecule has 0 spiro atoms. The van der Waals surface area contributed by atoms with Gasteiger partial charge in [-0.3, -0.25) is 4.79 Å². The third-order valence-electron chi connectivity index (χ3n) is 9.56. The first-order valence-electron chi connectivity index (χ1n) is 15.2. The minimum absolute atomic E-state index is 0.0598. The molecule has 0 aromatic heterocycles. The summed E-state index contributed by atoms with van der Waals surface area (Å²) in [6.45, 7) is 8.49. The molecular formula is C36H42O5. The Morgan fingerprint density at radius 1 is 0.976 bits per heavy atom. The summed E-state index contributed by atoms with van der Waals surface area (Å²) in [6.07, 6.45) is 6.04. The molecule has 1 saturated heterocycles. The number of carbonyl (C=O) groups is 1. The van der Waals surface area contributed by atoms with Crippen molar-refractivity contribution in [3.8, 4) is 16.9 Å². The number of carboxylic acids is 1. The molecule has 0 radical (unpaired) electrons. The fourth-order valence-electron chi connectivity index (χ4n) is 7.05. The Labute approximate surface area is 243 Å². The smallest absolute Gasteiger partial charge is 0.303 e. The van der Waals surface area contributed by atoms with Crippen LogP contribution in [0.4, 0.5) is 0 Å². The van der Waals surface area contributed by atoms with E-state index in [-0.39, 0.29) is 17.8 Å². The third-order valence-corrected chi connectivity index (χ3v) is 9.56. The highest BCUT2D eigenvalue weighted by molar-refractivity contribution is 5.70. The van der Waals surface area contributed by atoms with Crippen molar-refractivity contribution in [3.63, 3.8) is 0 Å². The topological polar surface area (TPSA) is 65.0 Å². The summed E-state index contributed by atoms with van der Waals surface area (Å²) in [6, 6.07) is 23.5. The Morgan fingerprint density at radius 3 is 2.46 bits per heavy atom. The molecule has 6 rings (SSSR count). The lowest BCUT2D eigenvalue weighted by Crippen LogP contribution is -2.22. The van der Waals surface area contributed by atoms with E-state index < -0.39 is 11.8 Å². The van der Waals surface area contributed by atoms with Crippen molar-refractivity contribution in [1.29, 1.82) is 0 Å². The summed E-state index contributed by atoms with van der Waals surface area (Å²) in [5.74, 6) is 0.355. The molecule has 5 heteroatoms. The highest BCUT2D eigenvalue weighted by Gasteiger charge is 2.38. The first kappa shape index (κ1) is 28.0. The van der Waals surface area contributed by atoms with Crippen LogP contribution in [0, 0.1) is 11.3 Å². The van der Waals surface area contributed by atoms with Gasteiger partial charge in [0.15, 0.2) is 5.79 Å². The number of aliphatic carboxylic acids is 1. The Balaban J connectivity index is 1.28. The lowest BCUT2D eigenvalue weighted by Gasteiger charge is -2.30. The summed E-state index contributed by atoms with van der Waals surface area (Å²) < 4.78 is 18.3. The molecule has 3 aliphatic rings. The molecule has 1 aliphatic heterocycles. The third kappa shape index (κ3) is 6.07. The zero-order valence-electron chi connectivity index (χ0n) is 24.5. The van der Waals surface area contributed by atoms with Gasteiger partial charge in [0.05, 0.1) is 19.6 Å². The van der Waals surface area contributed by atoms with E-state index in [1.54, 1.807) is 0 Å². The van der Waals surface area contributed by atoms with Gasteiger partial charge in [-0.1, -0.05) is 68.8 Å². The highest BCUT2D eigenvalue weighted by Crippen LogP contribution is 2.51. The second-order valence-corrected chi connectivity index (χ2v) is 13.0. The van der Waals surface area contributed by atoms with Crippen LogP contribution in [0.2, 0.25) is 0 Å². The van der Waals surface area contributed by atoms with E-state index in [1.807, 2.05) is 31.2 Å². The molecule has 2 atom stereocenters. The average molecular weight is 555 g/mol. The summed E-state index contributed by atoms with van der Waals surface area (Å²) in [7, 11) is 0. The molecule has 2 aliphatic carbocycles. The van der Waals surface area contributed by atoms with Gasteiger partial charge in [0.25, 0.3) is 0 Å². The van der Waals surface area contributed by atoms with Crippen LogP contribution < -0.4 is 4.74 Å². The fraction of sp³-hybridized carbons (Fsp3) is 0.472. The normalized spacial score (nSPS) is 22.0. The van der Waals surface area contributed by atoms with Crippen molar-refractivity contribution in [2.45, 2.75) is 83.5 Å². The van der Waals surface area contributed by atoms with Gasteiger partial charge in [0.1, 0.15) is 12.4 Å². The molecule has 1 N–H and O–H groups in total. The molecule has 41 heavy (non-hydrogen) atoms. The zero-order chi connectivity index (χ0) is 28.6. The van der Waals surface area contributed by atoms with E-state index in [9.17, 15) is 9.90 Å². The Bertz CT molecular complexity index is 1400. The van der Waals surface area contributed by atoms with Gasteiger partial charge in [-0.15, -0.1) is 0 Å². The molecule has 3 aromatic carbocycles. The van der Waals surface area contributed by atoms with Crippen LogP contribution in [0.25, 0.3) is 11.1 Å². The standard InChI is InChI=1S/C36H42O5/c1-35(2)16-6-11-33(35)32-19-24(12-15-30(32)26-7-4-9-28(20-26)36(3)40-17-18-41-36)23-39-29-10-5-8-27(21-29)31(22-34(37)38)25-13-14-25/h4-5,7-10,12,15,19-21,25,31,33H,6,11,13-14,16-18,22-23H2,1-3H3,(H,37,38)/t31-,33-/m0/s1. The summed E-state index contributed by atoms with van der Waals surface area (Å²) in [4.78, 5) is 11.5. The maximum absolute atomic E-state index is 11.5. The first-order chi connectivity index (χ1) is 19.7. The molecule has 0 bridgehead atoms. The van der Waals surface area contributed by atoms with Gasteiger partial charge in [0, 0.05) is 5.56 Å². The van der Waals surface area contributed by atoms with Gasteiger partial charge in [-0.05, 0) is 102 Å². The monoisotopic (exact) mass is 554 g/mol. The average Bonchev–Trinajstić information content (AvgIpc) is 3.61. The largest absolute Gasteiger partial charge is 0.489 e. The Hall–Kier alpha value is -3.15. The van der Waals surface area contributed by atoms with E-state index in [0.717, 1.165) is 35.3 Å². The van der Waals surface area contributed by atoms with Crippen molar-refractivity contribution < 1.29 is 24.1 Å². The van der Waals surface area contributed by atoms with Crippen LogP contribution in [0.15, 0.2) is 66.7 Å². The van der Waals surface area contributed by atoms with Crippen molar-refractivity contribution in [3.05, 3.63) is 89.0 Å². The van der Waals surface area contributed by atoms with Crippen LogP contribution in [-0.4, -0.2) is 24.3 Å². The summed E-state index contributed by atoms with van der Waals surface area (Å²) in [5, 5.41) is 9.44. The van der Waals surface area contributed by atoms with Crippen molar-refractivity contribution in [1.82, 2.24) is 0 Å². The van der Waals surface area contributed by atoms with Crippen molar-refractivity contribution in [2.24, 2.45) is 11.3 Å². The first-order valence-corrected chi connectivity index (χ1v) is 15.2. The lowest BCUT2D eigenvalue weighted by atomic mass is 9.75. The minimum atomic E-state index is -0.737. The maximum atomic E-state index is 11.5. The number of benzene rings is 3. The van der Waals surface area contributed by atoms with Crippen molar-refractivity contribution >= 4 is 5.97 Å². The molecular weight excluding hydrogens is 512 g/mol. The molecule has 2 saturated carbocycles.